The zero-order chi connectivity index (χ0) is 14.1. The molecule has 3 rings (SSSR count). The first-order valence-electron chi connectivity index (χ1n) is 5.83. The van der Waals surface area contributed by atoms with Crippen LogP contribution in [0.4, 0.5) is 0 Å². The van der Waals surface area contributed by atoms with Gasteiger partial charge in [0, 0.05) is 11.3 Å². The van der Waals surface area contributed by atoms with Crippen LogP contribution >= 0.6 is 0 Å². The van der Waals surface area contributed by atoms with Crippen LogP contribution in [-0.2, 0) is 0 Å². The first-order valence-corrected chi connectivity index (χ1v) is 5.83. The van der Waals surface area contributed by atoms with Gasteiger partial charge < -0.3 is 9.63 Å². The first-order chi connectivity index (χ1) is 9.65. The van der Waals surface area contributed by atoms with Gasteiger partial charge in [0.2, 0.25) is 5.82 Å². The molecular weight excluding hydrogens is 260 g/mol. The van der Waals surface area contributed by atoms with Crippen molar-refractivity contribution in [3.8, 4) is 22.8 Å². The molecule has 20 heavy (non-hydrogen) atoms. The normalized spacial score (nSPS) is 10.7. The number of nitrogens with zero attached hydrogens (tertiary/aromatic N) is 3. The monoisotopic (exact) mass is 270 g/mol. The number of hydrogen-bond donors (Lipinski definition) is 2. The molecule has 2 aromatic heterocycles. The Morgan fingerprint density at radius 3 is 2.65 bits per heavy atom. The van der Waals surface area contributed by atoms with Crippen LogP contribution in [0.15, 0.2) is 35.0 Å². The lowest BCUT2D eigenvalue weighted by Gasteiger charge is -1.95. The minimum absolute atomic E-state index is 0.211. The number of rotatable bonds is 3. The van der Waals surface area contributed by atoms with Crippen molar-refractivity contribution < 1.29 is 14.4 Å². The Morgan fingerprint density at radius 1 is 1.30 bits per heavy atom. The average Bonchev–Trinajstić information content (AvgIpc) is 3.07. The van der Waals surface area contributed by atoms with Crippen molar-refractivity contribution in [3.63, 3.8) is 0 Å². The average molecular weight is 270 g/mol. The van der Waals surface area contributed by atoms with Crippen molar-refractivity contribution in [1.82, 2.24) is 20.3 Å². The van der Waals surface area contributed by atoms with Crippen LogP contribution in [0, 0.1) is 6.92 Å². The summed E-state index contributed by atoms with van der Waals surface area (Å²) in [7, 11) is 0. The van der Waals surface area contributed by atoms with Gasteiger partial charge in [0.25, 0.3) is 5.89 Å². The second kappa shape index (κ2) is 4.61. The Morgan fingerprint density at radius 2 is 2.05 bits per heavy atom. The molecule has 0 bridgehead atoms. The molecule has 0 fully saturated rings. The summed E-state index contributed by atoms with van der Waals surface area (Å²) < 4.78 is 5.18. The molecule has 0 atom stereocenters. The molecule has 0 aliphatic rings. The number of aromatic nitrogens is 4. The number of aryl methyl sites for hydroxylation is 1. The highest BCUT2D eigenvalue weighted by molar-refractivity contribution is 5.88. The van der Waals surface area contributed by atoms with Gasteiger partial charge in [-0.3, -0.25) is 5.10 Å². The molecule has 0 aliphatic heterocycles. The van der Waals surface area contributed by atoms with Crippen molar-refractivity contribution in [2.75, 3.05) is 0 Å². The zero-order valence-corrected chi connectivity index (χ0v) is 10.5. The molecule has 0 aliphatic carbocycles. The van der Waals surface area contributed by atoms with Gasteiger partial charge >= 0.3 is 5.97 Å². The van der Waals surface area contributed by atoms with E-state index in [4.69, 9.17) is 9.63 Å². The molecule has 0 amide bonds. The van der Waals surface area contributed by atoms with Crippen LogP contribution in [0.1, 0.15) is 16.1 Å². The summed E-state index contributed by atoms with van der Waals surface area (Å²) in [5.41, 5.74) is 2.47. The lowest BCUT2D eigenvalue weighted by Crippen LogP contribution is -1.95. The second-order valence-corrected chi connectivity index (χ2v) is 4.21. The molecule has 0 radical (unpaired) electrons. The molecule has 0 spiro atoms. The summed E-state index contributed by atoms with van der Waals surface area (Å²) >= 11 is 0. The number of carboxylic acid groups (broad SMARTS) is 1. The van der Waals surface area contributed by atoms with E-state index in [1.165, 1.54) is 12.1 Å². The van der Waals surface area contributed by atoms with Gasteiger partial charge in [-0.25, -0.2) is 4.79 Å². The Balaban J connectivity index is 1.94. The maximum absolute atomic E-state index is 10.8. The number of aromatic amines is 1. The number of carbonyl (C=O) groups is 1. The summed E-state index contributed by atoms with van der Waals surface area (Å²) in [5.74, 6) is -0.203. The summed E-state index contributed by atoms with van der Waals surface area (Å²) in [5, 5.41) is 19.4. The van der Waals surface area contributed by atoms with Crippen LogP contribution in [-0.4, -0.2) is 31.4 Å². The fourth-order valence-corrected chi connectivity index (χ4v) is 1.78. The second-order valence-electron chi connectivity index (χ2n) is 4.21. The van der Waals surface area contributed by atoms with E-state index >= 15 is 0 Å². The van der Waals surface area contributed by atoms with E-state index in [9.17, 15) is 4.79 Å². The highest BCUT2D eigenvalue weighted by Crippen LogP contribution is 2.23. The first kappa shape index (κ1) is 12.1. The third-order valence-electron chi connectivity index (χ3n) is 2.88. The van der Waals surface area contributed by atoms with E-state index < -0.39 is 5.97 Å². The van der Waals surface area contributed by atoms with Gasteiger partial charge in [-0.05, 0) is 19.1 Å². The number of benzene rings is 1. The van der Waals surface area contributed by atoms with Crippen LogP contribution in [0.5, 0.6) is 0 Å². The maximum atomic E-state index is 10.8. The van der Waals surface area contributed by atoms with Crippen LogP contribution in [0.3, 0.4) is 0 Å². The Hall–Kier alpha value is -2.96. The lowest BCUT2D eigenvalue weighted by molar-refractivity contribution is 0.0697. The molecule has 0 saturated carbocycles. The Bertz CT molecular complexity index is 758. The van der Waals surface area contributed by atoms with Crippen LogP contribution in [0.2, 0.25) is 0 Å². The van der Waals surface area contributed by atoms with Crippen molar-refractivity contribution >= 4 is 5.97 Å². The molecule has 0 unspecified atom stereocenters. The molecule has 2 heterocycles. The quantitative estimate of drug-likeness (QED) is 0.755. The minimum atomic E-state index is -0.973. The van der Waals surface area contributed by atoms with Gasteiger partial charge in [-0.15, -0.1) is 0 Å². The summed E-state index contributed by atoms with van der Waals surface area (Å²) in [6.45, 7) is 1.86. The molecule has 2 N–H and O–H groups in total. The highest BCUT2D eigenvalue weighted by atomic mass is 16.5. The summed E-state index contributed by atoms with van der Waals surface area (Å²) in [6.07, 6.45) is 1.61. The van der Waals surface area contributed by atoms with Gasteiger partial charge in [-0.2, -0.15) is 10.1 Å². The Kier molecular flexibility index (Phi) is 2.79. The predicted octanol–water partition coefficient (Wildman–Crippen LogP) is 2.13. The molecule has 7 nitrogen and oxygen atoms in total. The Labute approximate surface area is 113 Å². The number of H-pyrrole nitrogens is 1. The van der Waals surface area contributed by atoms with E-state index in [2.05, 4.69) is 20.3 Å². The van der Waals surface area contributed by atoms with E-state index in [0.29, 0.717) is 17.3 Å². The highest BCUT2D eigenvalue weighted by Gasteiger charge is 2.14. The van der Waals surface area contributed by atoms with Gasteiger partial charge in [0.1, 0.15) is 0 Å². The molecule has 100 valence electrons. The lowest BCUT2D eigenvalue weighted by atomic mass is 10.1. The predicted molar refractivity (Wildman–Crippen MR) is 69.0 cm³/mol. The standard InChI is InChI=1S/C13H10N4O3/c1-7-10(6-14-16-7)12-15-11(17-20-12)8-2-4-9(5-3-8)13(18)19/h2-6H,1H3,(H,14,16)(H,18,19). The van der Waals surface area contributed by atoms with Gasteiger partial charge in [0.15, 0.2) is 0 Å². The fourth-order valence-electron chi connectivity index (χ4n) is 1.78. The number of aromatic carboxylic acids is 1. The fraction of sp³-hybridized carbons (Fsp3) is 0.0769. The van der Waals surface area contributed by atoms with Crippen molar-refractivity contribution in [2.45, 2.75) is 6.92 Å². The SMILES string of the molecule is Cc1[nH]ncc1-c1nc(-c2ccc(C(=O)O)cc2)no1. The van der Waals surface area contributed by atoms with Gasteiger partial charge in [-0.1, -0.05) is 17.3 Å². The summed E-state index contributed by atoms with van der Waals surface area (Å²) in [6, 6.07) is 6.27. The van der Waals surface area contributed by atoms with Crippen LogP contribution in [0.25, 0.3) is 22.8 Å². The maximum Gasteiger partial charge on any atom is 0.335 e. The van der Waals surface area contributed by atoms with Crippen molar-refractivity contribution in [1.29, 1.82) is 0 Å². The van der Waals surface area contributed by atoms with E-state index in [0.717, 1.165) is 11.3 Å². The molecule has 3 aromatic rings. The largest absolute Gasteiger partial charge is 0.478 e. The number of nitrogens with one attached hydrogen (secondary N) is 1. The van der Waals surface area contributed by atoms with Crippen molar-refractivity contribution in [2.24, 2.45) is 0 Å². The van der Waals surface area contributed by atoms with Gasteiger partial charge in [0.05, 0.1) is 17.3 Å². The topological polar surface area (TPSA) is 105 Å². The van der Waals surface area contributed by atoms with E-state index in [1.54, 1.807) is 18.3 Å². The van der Waals surface area contributed by atoms with E-state index in [1.807, 2.05) is 6.92 Å². The van der Waals surface area contributed by atoms with Crippen LogP contribution < -0.4 is 0 Å². The third kappa shape index (κ3) is 2.05. The third-order valence-corrected chi connectivity index (χ3v) is 2.88. The molecular formula is C13H10N4O3. The minimum Gasteiger partial charge on any atom is -0.478 e. The molecule has 7 heteroatoms. The zero-order valence-electron chi connectivity index (χ0n) is 10.5. The molecule has 0 saturated heterocycles. The number of hydrogen-bond acceptors (Lipinski definition) is 5. The number of carboxylic acids is 1. The van der Waals surface area contributed by atoms with E-state index in [-0.39, 0.29) is 5.56 Å². The summed E-state index contributed by atoms with van der Waals surface area (Å²) in [4.78, 5) is 15.1. The molecule has 1 aromatic carbocycles. The van der Waals surface area contributed by atoms with Crippen molar-refractivity contribution in [3.05, 3.63) is 41.7 Å². The smallest absolute Gasteiger partial charge is 0.335 e.